The van der Waals surface area contributed by atoms with Gasteiger partial charge in [-0.25, -0.2) is 0 Å². The Kier molecular flexibility index (Phi) is 7.86. The van der Waals surface area contributed by atoms with Crippen LogP contribution in [0.2, 0.25) is 0 Å². The second kappa shape index (κ2) is 11.0. The van der Waals surface area contributed by atoms with Gasteiger partial charge in [0, 0.05) is 51.0 Å². The van der Waals surface area contributed by atoms with Gasteiger partial charge in [0.2, 0.25) is 5.43 Å². The molecule has 4 rings (SSSR count). The third-order valence-electron chi connectivity index (χ3n) is 6.99. The van der Waals surface area contributed by atoms with Crippen molar-refractivity contribution in [3.8, 4) is 0 Å². The Morgan fingerprint density at radius 1 is 0.853 bits per heavy atom. The number of aromatic nitrogens is 1. The summed E-state index contributed by atoms with van der Waals surface area (Å²) >= 11 is 0. The second-order valence-corrected chi connectivity index (χ2v) is 10.2. The lowest BCUT2D eigenvalue weighted by Gasteiger charge is -2.33. The standard InChI is InChI=1S/C28H37N3O3/c1-21(2)17-29-19-24(27(33)30-14-8-3-4-9-15-30)26(32)25(20-29)28(34)31-16-10-13-23(18-31)22-11-6-5-7-12-22/h5-7,11-12,19-21,23H,3-4,8-10,13-18H2,1-2H3/t23-/m0/s1. The van der Waals surface area contributed by atoms with Gasteiger partial charge in [0.1, 0.15) is 11.1 Å². The van der Waals surface area contributed by atoms with Gasteiger partial charge in [0.05, 0.1) is 0 Å². The Hall–Kier alpha value is -2.89. The molecule has 1 atom stereocenters. The van der Waals surface area contributed by atoms with E-state index in [-0.39, 0.29) is 28.9 Å². The fraction of sp³-hybridized carbons (Fsp3) is 0.536. The summed E-state index contributed by atoms with van der Waals surface area (Å²) in [5.74, 6) is 0.0938. The molecular weight excluding hydrogens is 426 g/mol. The van der Waals surface area contributed by atoms with Crippen LogP contribution in [-0.4, -0.2) is 52.4 Å². The summed E-state index contributed by atoms with van der Waals surface area (Å²) < 4.78 is 1.86. The van der Waals surface area contributed by atoms with Gasteiger partial charge < -0.3 is 14.4 Å². The Bertz CT molecular complexity index is 1050. The van der Waals surface area contributed by atoms with E-state index in [2.05, 4.69) is 26.0 Å². The first-order chi connectivity index (χ1) is 16.4. The lowest BCUT2D eigenvalue weighted by molar-refractivity contribution is 0.0704. The van der Waals surface area contributed by atoms with E-state index < -0.39 is 5.43 Å². The quantitative estimate of drug-likeness (QED) is 0.654. The highest BCUT2D eigenvalue weighted by Crippen LogP contribution is 2.27. The Morgan fingerprint density at radius 3 is 2.06 bits per heavy atom. The molecule has 0 radical (unpaired) electrons. The van der Waals surface area contributed by atoms with Crippen molar-refractivity contribution in [2.24, 2.45) is 5.92 Å². The first-order valence-corrected chi connectivity index (χ1v) is 12.8. The molecule has 6 heteroatoms. The number of pyridine rings is 1. The molecule has 0 saturated carbocycles. The molecule has 0 unspecified atom stereocenters. The molecule has 0 bridgehead atoms. The van der Waals surface area contributed by atoms with Crippen LogP contribution in [0.4, 0.5) is 0 Å². The van der Waals surface area contributed by atoms with Gasteiger partial charge in [-0.2, -0.15) is 0 Å². The van der Waals surface area contributed by atoms with Gasteiger partial charge >= 0.3 is 0 Å². The van der Waals surface area contributed by atoms with Crippen LogP contribution in [0, 0.1) is 5.92 Å². The summed E-state index contributed by atoms with van der Waals surface area (Å²) in [7, 11) is 0. The van der Waals surface area contributed by atoms with Crippen molar-refractivity contribution in [2.75, 3.05) is 26.2 Å². The Morgan fingerprint density at radius 2 is 1.44 bits per heavy atom. The summed E-state index contributed by atoms with van der Waals surface area (Å²) in [6.45, 7) is 7.40. The average molecular weight is 464 g/mol. The van der Waals surface area contributed by atoms with Crippen LogP contribution < -0.4 is 5.43 Å². The smallest absolute Gasteiger partial charge is 0.259 e. The molecule has 0 aliphatic carbocycles. The zero-order valence-electron chi connectivity index (χ0n) is 20.5. The molecule has 2 aromatic rings. The van der Waals surface area contributed by atoms with E-state index in [1.54, 1.807) is 22.2 Å². The fourth-order valence-corrected chi connectivity index (χ4v) is 5.24. The fourth-order valence-electron chi connectivity index (χ4n) is 5.24. The van der Waals surface area contributed by atoms with Crippen LogP contribution in [0.1, 0.15) is 84.6 Å². The van der Waals surface area contributed by atoms with Crippen molar-refractivity contribution in [1.29, 1.82) is 0 Å². The van der Waals surface area contributed by atoms with E-state index in [0.717, 1.165) is 38.5 Å². The average Bonchev–Trinajstić information content (AvgIpc) is 3.14. The highest BCUT2D eigenvalue weighted by Gasteiger charge is 2.29. The first kappa shape index (κ1) is 24.2. The van der Waals surface area contributed by atoms with Crippen molar-refractivity contribution >= 4 is 11.8 Å². The van der Waals surface area contributed by atoms with E-state index in [1.807, 2.05) is 22.8 Å². The van der Waals surface area contributed by atoms with Crippen LogP contribution in [-0.2, 0) is 6.54 Å². The van der Waals surface area contributed by atoms with Gasteiger partial charge in [-0.15, -0.1) is 0 Å². The normalized spacial score (nSPS) is 19.2. The van der Waals surface area contributed by atoms with E-state index in [9.17, 15) is 14.4 Å². The maximum absolute atomic E-state index is 13.6. The van der Waals surface area contributed by atoms with E-state index in [4.69, 9.17) is 0 Å². The number of likely N-dealkylation sites (tertiary alicyclic amines) is 2. The monoisotopic (exact) mass is 463 g/mol. The number of nitrogens with zero attached hydrogens (tertiary/aromatic N) is 3. The number of hydrogen-bond acceptors (Lipinski definition) is 3. The van der Waals surface area contributed by atoms with Crippen LogP contribution in [0.5, 0.6) is 0 Å². The number of hydrogen-bond donors (Lipinski definition) is 0. The predicted octanol–water partition coefficient (Wildman–Crippen LogP) is 4.54. The lowest BCUT2D eigenvalue weighted by atomic mass is 9.90. The van der Waals surface area contributed by atoms with Crippen molar-refractivity contribution in [2.45, 2.75) is 64.8 Å². The highest BCUT2D eigenvalue weighted by molar-refractivity contribution is 5.99. The topological polar surface area (TPSA) is 62.6 Å². The van der Waals surface area contributed by atoms with Crippen molar-refractivity contribution in [1.82, 2.24) is 14.4 Å². The van der Waals surface area contributed by atoms with Gasteiger partial charge in [-0.05, 0) is 37.2 Å². The van der Waals surface area contributed by atoms with Crippen molar-refractivity contribution < 1.29 is 9.59 Å². The van der Waals surface area contributed by atoms with Crippen LogP contribution >= 0.6 is 0 Å². The molecule has 2 amide bonds. The Labute approximate surface area is 202 Å². The number of carbonyl (C=O) groups is 2. The molecule has 34 heavy (non-hydrogen) atoms. The van der Waals surface area contributed by atoms with Crippen molar-refractivity contribution in [3.63, 3.8) is 0 Å². The van der Waals surface area contributed by atoms with Gasteiger partial charge in [-0.1, -0.05) is 57.0 Å². The third-order valence-corrected chi connectivity index (χ3v) is 6.99. The van der Waals surface area contributed by atoms with E-state index in [0.29, 0.717) is 38.6 Å². The number of amides is 2. The van der Waals surface area contributed by atoms with E-state index >= 15 is 0 Å². The van der Waals surface area contributed by atoms with Gasteiger partial charge in [0.15, 0.2) is 0 Å². The SMILES string of the molecule is CC(C)Cn1cc(C(=O)N2CCCCCC2)c(=O)c(C(=O)N2CCC[C@H](c3ccccc3)C2)c1. The minimum atomic E-state index is -0.430. The molecule has 6 nitrogen and oxygen atoms in total. The summed E-state index contributed by atoms with van der Waals surface area (Å²) in [5.41, 5.74) is 1.04. The molecule has 2 aliphatic heterocycles. The highest BCUT2D eigenvalue weighted by atomic mass is 16.2. The minimum Gasteiger partial charge on any atom is -0.352 e. The molecule has 2 aliphatic rings. The largest absolute Gasteiger partial charge is 0.352 e. The molecule has 0 spiro atoms. The molecule has 0 N–H and O–H groups in total. The summed E-state index contributed by atoms with van der Waals surface area (Å²) in [5, 5.41) is 0. The van der Waals surface area contributed by atoms with Crippen LogP contribution in [0.25, 0.3) is 0 Å². The molecule has 2 fully saturated rings. The molecule has 1 aromatic heterocycles. The molecular formula is C28H37N3O3. The number of rotatable bonds is 5. The third kappa shape index (κ3) is 5.60. The lowest BCUT2D eigenvalue weighted by Crippen LogP contribution is -2.43. The first-order valence-electron chi connectivity index (χ1n) is 12.8. The van der Waals surface area contributed by atoms with Crippen LogP contribution in [0.15, 0.2) is 47.5 Å². The molecule has 182 valence electrons. The predicted molar refractivity (Wildman–Crippen MR) is 134 cm³/mol. The number of benzene rings is 1. The van der Waals surface area contributed by atoms with Crippen LogP contribution in [0.3, 0.4) is 0 Å². The Balaban J connectivity index is 1.64. The molecule has 3 heterocycles. The molecule has 2 saturated heterocycles. The van der Waals surface area contributed by atoms with Gasteiger partial charge in [-0.3, -0.25) is 14.4 Å². The van der Waals surface area contributed by atoms with Crippen molar-refractivity contribution in [3.05, 3.63) is 69.6 Å². The maximum Gasteiger partial charge on any atom is 0.259 e. The molecule has 1 aromatic carbocycles. The maximum atomic E-state index is 13.6. The minimum absolute atomic E-state index is 0.120. The zero-order chi connectivity index (χ0) is 24.1. The number of piperidine rings is 1. The van der Waals surface area contributed by atoms with Gasteiger partial charge in [0.25, 0.3) is 11.8 Å². The summed E-state index contributed by atoms with van der Waals surface area (Å²) in [4.78, 5) is 44.1. The van der Waals surface area contributed by atoms with E-state index in [1.165, 1.54) is 5.56 Å². The summed E-state index contributed by atoms with van der Waals surface area (Å²) in [6, 6.07) is 10.3. The zero-order valence-corrected chi connectivity index (χ0v) is 20.5. The summed E-state index contributed by atoms with van der Waals surface area (Å²) in [6.07, 6.45) is 9.38. The number of carbonyl (C=O) groups excluding carboxylic acids is 2. The second-order valence-electron chi connectivity index (χ2n) is 10.2.